The third-order valence-corrected chi connectivity index (χ3v) is 5.91. The Kier molecular flexibility index (Phi) is 7.10. The lowest BCUT2D eigenvalue weighted by Crippen LogP contribution is -2.39. The molecule has 0 saturated carbocycles. The molecule has 6 nitrogen and oxygen atoms in total. The molecule has 178 valence electrons. The van der Waals surface area contributed by atoms with Crippen molar-refractivity contribution in [1.29, 1.82) is 0 Å². The fourth-order valence-electron chi connectivity index (χ4n) is 4.09. The summed E-state index contributed by atoms with van der Waals surface area (Å²) >= 11 is 0. The van der Waals surface area contributed by atoms with Gasteiger partial charge in [-0.05, 0) is 54.8 Å². The first-order valence-electron chi connectivity index (χ1n) is 11.6. The molecule has 7 heteroatoms. The van der Waals surface area contributed by atoms with E-state index in [4.69, 9.17) is 9.72 Å². The summed E-state index contributed by atoms with van der Waals surface area (Å²) in [4.78, 5) is 26.0. The van der Waals surface area contributed by atoms with Crippen molar-refractivity contribution < 1.29 is 13.9 Å². The number of pyridine rings is 2. The molecule has 1 aliphatic rings. The molecule has 1 atom stereocenters. The van der Waals surface area contributed by atoms with Crippen molar-refractivity contribution in [2.75, 3.05) is 23.0 Å². The van der Waals surface area contributed by atoms with E-state index in [1.165, 1.54) is 12.1 Å². The maximum Gasteiger partial charge on any atom is 0.232 e. The Morgan fingerprint density at radius 1 is 1.12 bits per heavy atom. The van der Waals surface area contributed by atoms with Gasteiger partial charge in [0.15, 0.2) is 0 Å². The minimum atomic E-state index is -0.571. The summed E-state index contributed by atoms with van der Waals surface area (Å²) in [5.74, 6) is 1.16. The zero-order valence-electron chi connectivity index (χ0n) is 19.9. The van der Waals surface area contributed by atoms with E-state index in [1.807, 2.05) is 57.3 Å². The molecule has 0 bridgehead atoms. The van der Waals surface area contributed by atoms with Gasteiger partial charge in [0.05, 0.1) is 12.6 Å². The first-order chi connectivity index (χ1) is 16.3. The van der Waals surface area contributed by atoms with Crippen LogP contribution in [-0.2, 0) is 11.3 Å². The smallest absolute Gasteiger partial charge is 0.232 e. The molecule has 0 aliphatic carbocycles. The Morgan fingerprint density at radius 3 is 2.56 bits per heavy atom. The number of amides is 1. The number of aromatic nitrogens is 2. The lowest BCUT2D eigenvalue weighted by molar-refractivity contribution is -0.125. The Hall–Kier alpha value is -3.48. The molecule has 1 unspecified atom stereocenters. The minimum Gasteiger partial charge on any atom is -0.475 e. The SMILES string of the molecule is CC(C)(C)C(=O)N(Cc1ccc(N2CCCC2COc2ccccn2)nc1)c1ccc(F)cc1. The van der Waals surface area contributed by atoms with Crippen LogP contribution < -0.4 is 14.5 Å². The van der Waals surface area contributed by atoms with Gasteiger partial charge < -0.3 is 14.5 Å². The van der Waals surface area contributed by atoms with Crippen LogP contribution in [0.4, 0.5) is 15.9 Å². The van der Waals surface area contributed by atoms with E-state index in [-0.39, 0.29) is 17.8 Å². The molecule has 4 rings (SSSR count). The van der Waals surface area contributed by atoms with Gasteiger partial charge >= 0.3 is 0 Å². The number of hydrogen-bond acceptors (Lipinski definition) is 5. The molecule has 3 aromatic rings. The lowest BCUT2D eigenvalue weighted by Gasteiger charge is -2.30. The quantitative estimate of drug-likeness (QED) is 0.480. The van der Waals surface area contributed by atoms with Gasteiger partial charge in [0.25, 0.3) is 0 Å². The Bertz CT molecular complexity index is 1080. The van der Waals surface area contributed by atoms with Crippen molar-refractivity contribution >= 4 is 17.4 Å². The standard InChI is InChI=1S/C27H31FN4O2/c1-27(2,3)26(33)32(22-12-10-21(28)11-13-22)18-20-9-14-24(30-17-20)31-16-6-7-23(31)19-34-25-8-4-5-15-29-25/h4-5,8-15,17,23H,6-7,16,18-19H2,1-3H3. The highest BCUT2D eigenvalue weighted by Crippen LogP contribution is 2.27. The summed E-state index contributed by atoms with van der Waals surface area (Å²) in [7, 11) is 0. The highest BCUT2D eigenvalue weighted by molar-refractivity contribution is 5.96. The van der Waals surface area contributed by atoms with Crippen molar-refractivity contribution in [3.05, 3.63) is 78.4 Å². The molecular weight excluding hydrogens is 431 g/mol. The third-order valence-electron chi connectivity index (χ3n) is 5.91. The minimum absolute atomic E-state index is 0.0329. The topological polar surface area (TPSA) is 58.6 Å². The normalized spacial score (nSPS) is 15.9. The molecule has 3 heterocycles. The van der Waals surface area contributed by atoms with Crippen molar-refractivity contribution in [1.82, 2.24) is 9.97 Å². The van der Waals surface area contributed by atoms with Crippen LogP contribution in [0.2, 0.25) is 0 Å². The number of anilines is 2. The van der Waals surface area contributed by atoms with Gasteiger partial charge in [-0.15, -0.1) is 0 Å². The Morgan fingerprint density at radius 2 is 1.91 bits per heavy atom. The molecule has 1 amide bonds. The van der Waals surface area contributed by atoms with E-state index in [1.54, 1.807) is 23.2 Å². The van der Waals surface area contributed by atoms with Crippen molar-refractivity contribution in [3.8, 4) is 5.88 Å². The Balaban J connectivity index is 1.47. The molecular formula is C27H31FN4O2. The number of rotatable bonds is 7. The van der Waals surface area contributed by atoms with E-state index in [0.29, 0.717) is 24.7 Å². The summed E-state index contributed by atoms with van der Waals surface area (Å²) in [5, 5.41) is 0. The second kappa shape index (κ2) is 10.2. The van der Waals surface area contributed by atoms with Crippen molar-refractivity contribution in [3.63, 3.8) is 0 Å². The molecule has 0 N–H and O–H groups in total. The predicted molar refractivity (Wildman–Crippen MR) is 131 cm³/mol. The van der Waals surface area contributed by atoms with Crippen LogP contribution in [0.3, 0.4) is 0 Å². The molecule has 34 heavy (non-hydrogen) atoms. The molecule has 0 spiro atoms. The highest BCUT2D eigenvalue weighted by atomic mass is 19.1. The maximum atomic E-state index is 13.5. The number of nitrogens with zero attached hydrogens (tertiary/aromatic N) is 4. The molecule has 1 saturated heterocycles. The van der Waals surface area contributed by atoms with E-state index in [9.17, 15) is 9.18 Å². The number of carbonyl (C=O) groups excluding carboxylic acids is 1. The first-order valence-corrected chi connectivity index (χ1v) is 11.6. The summed E-state index contributed by atoms with van der Waals surface area (Å²) in [5.41, 5.74) is 1.00. The van der Waals surface area contributed by atoms with Crippen LogP contribution in [0, 0.1) is 11.2 Å². The zero-order chi connectivity index (χ0) is 24.1. The molecule has 1 fully saturated rings. The van der Waals surface area contributed by atoms with E-state index in [0.717, 1.165) is 30.8 Å². The zero-order valence-corrected chi connectivity index (χ0v) is 19.9. The second-order valence-corrected chi connectivity index (χ2v) is 9.61. The lowest BCUT2D eigenvalue weighted by atomic mass is 9.94. The molecule has 2 aromatic heterocycles. The molecule has 1 aliphatic heterocycles. The fraction of sp³-hybridized carbons (Fsp3) is 0.370. The highest BCUT2D eigenvalue weighted by Gasteiger charge is 2.29. The van der Waals surface area contributed by atoms with Crippen molar-refractivity contribution in [2.45, 2.75) is 46.2 Å². The monoisotopic (exact) mass is 462 g/mol. The first kappa shape index (κ1) is 23.7. The molecule has 0 radical (unpaired) electrons. The summed E-state index contributed by atoms with van der Waals surface area (Å²) < 4.78 is 19.3. The predicted octanol–water partition coefficient (Wildman–Crippen LogP) is 5.24. The van der Waals surface area contributed by atoms with Gasteiger partial charge in [0.1, 0.15) is 18.2 Å². The summed E-state index contributed by atoms with van der Waals surface area (Å²) in [6.07, 6.45) is 5.66. The number of ether oxygens (including phenoxy) is 1. The van der Waals surface area contributed by atoms with Gasteiger partial charge in [0.2, 0.25) is 11.8 Å². The van der Waals surface area contributed by atoms with Gasteiger partial charge in [-0.25, -0.2) is 14.4 Å². The van der Waals surface area contributed by atoms with Gasteiger partial charge in [-0.1, -0.05) is 32.9 Å². The van der Waals surface area contributed by atoms with Crippen LogP contribution in [0.5, 0.6) is 5.88 Å². The van der Waals surface area contributed by atoms with Crippen LogP contribution in [0.1, 0.15) is 39.2 Å². The van der Waals surface area contributed by atoms with E-state index < -0.39 is 5.41 Å². The van der Waals surface area contributed by atoms with Crippen molar-refractivity contribution in [2.24, 2.45) is 5.41 Å². The number of halogens is 1. The second-order valence-electron chi connectivity index (χ2n) is 9.61. The summed E-state index contributed by atoms with van der Waals surface area (Å²) in [6, 6.07) is 15.9. The Labute approximate surface area is 200 Å². The maximum absolute atomic E-state index is 13.5. The van der Waals surface area contributed by atoms with Gasteiger partial charge in [0, 0.05) is 36.1 Å². The number of benzene rings is 1. The third kappa shape index (κ3) is 5.71. The largest absolute Gasteiger partial charge is 0.475 e. The van der Waals surface area contributed by atoms with Crippen LogP contribution in [0.25, 0.3) is 0 Å². The van der Waals surface area contributed by atoms with Gasteiger partial charge in [-0.2, -0.15) is 0 Å². The average Bonchev–Trinajstić information content (AvgIpc) is 3.31. The fourth-order valence-corrected chi connectivity index (χ4v) is 4.09. The van der Waals surface area contributed by atoms with Crippen LogP contribution in [0.15, 0.2) is 67.0 Å². The van der Waals surface area contributed by atoms with E-state index in [2.05, 4.69) is 9.88 Å². The molecule has 1 aromatic carbocycles. The number of hydrogen-bond donors (Lipinski definition) is 0. The van der Waals surface area contributed by atoms with E-state index >= 15 is 0 Å². The van der Waals surface area contributed by atoms with Gasteiger partial charge in [-0.3, -0.25) is 4.79 Å². The average molecular weight is 463 g/mol. The van der Waals surface area contributed by atoms with Crippen LogP contribution >= 0.6 is 0 Å². The van der Waals surface area contributed by atoms with Crippen LogP contribution in [-0.4, -0.2) is 35.1 Å². The summed E-state index contributed by atoms with van der Waals surface area (Å²) in [6.45, 7) is 7.49. The number of carbonyl (C=O) groups is 1.